The van der Waals surface area contributed by atoms with Gasteiger partial charge in [-0.25, -0.2) is 0 Å². The lowest BCUT2D eigenvalue weighted by Crippen LogP contribution is -2.37. The second-order valence-electron chi connectivity index (χ2n) is 6.55. The van der Waals surface area contributed by atoms with Gasteiger partial charge in [-0.05, 0) is 44.1 Å². The van der Waals surface area contributed by atoms with E-state index in [4.69, 9.17) is 9.15 Å². The quantitative estimate of drug-likeness (QED) is 0.643. The summed E-state index contributed by atoms with van der Waals surface area (Å²) in [6.07, 6.45) is 0.692. The van der Waals surface area contributed by atoms with Crippen molar-refractivity contribution >= 4 is 24.8 Å². The van der Waals surface area contributed by atoms with Crippen LogP contribution in [0.3, 0.4) is 0 Å². The molecule has 2 heterocycles. The maximum atomic E-state index is 9.57. The molecule has 7 heteroatoms. The Morgan fingerprint density at radius 2 is 1.78 bits per heavy atom. The van der Waals surface area contributed by atoms with E-state index in [1.165, 1.54) is 0 Å². The highest BCUT2D eigenvalue weighted by Crippen LogP contribution is 2.24. The Balaban J connectivity index is 0.00000182. The average molecular weight is 417 g/mol. The third-order valence-corrected chi connectivity index (χ3v) is 4.57. The molecule has 0 aliphatic carbocycles. The molecule has 1 aliphatic rings. The first-order valence-electron chi connectivity index (χ1n) is 9.10. The summed E-state index contributed by atoms with van der Waals surface area (Å²) in [6, 6.07) is 11.9. The minimum Gasteiger partial charge on any atom is -0.460 e. The first-order chi connectivity index (χ1) is 12.2. The molecule has 1 aromatic heterocycles. The number of aliphatic hydroxyl groups excluding tert-OH is 1. The number of ether oxygens (including phenoxy) is 1. The Morgan fingerprint density at radius 3 is 2.44 bits per heavy atom. The number of nitrogens with zero attached hydrogens (tertiary/aromatic N) is 1. The Morgan fingerprint density at radius 1 is 1.07 bits per heavy atom. The zero-order valence-corrected chi connectivity index (χ0v) is 17.4. The number of furan rings is 1. The van der Waals surface area contributed by atoms with Crippen molar-refractivity contribution in [1.29, 1.82) is 0 Å². The summed E-state index contributed by atoms with van der Waals surface area (Å²) < 4.78 is 11.3. The Kier molecular flexibility index (Phi) is 11.0. The number of rotatable bonds is 8. The van der Waals surface area contributed by atoms with Crippen molar-refractivity contribution in [1.82, 2.24) is 10.2 Å². The molecule has 1 saturated heterocycles. The molecular weight excluding hydrogens is 387 g/mol. The number of hydrogen-bond acceptors (Lipinski definition) is 5. The highest BCUT2D eigenvalue weighted by Gasteiger charge is 2.09. The number of aliphatic hydroxyl groups is 1. The van der Waals surface area contributed by atoms with E-state index >= 15 is 0 Å². The molecule has 5 nitrogen and oxygen atoms in total. The maximum absolute atomic E-state index is 9.57. The number of benzene rings is 1. The van der Waals surface area contributed by atoms with Crippen LogP contribution in [-0.2, 0) is 11.3 Å². The highest BCUT2D eigenvalue weighted by atomic mass is 35.5. The van der Waals surface area contributed by atoms with E-state index in [2.05, 4.69) is 10.2 Å². The van der Waals surface area contributed by atoms with Crippen molar-refractivity contribution in [3.8, 4) is 11.3 Å². The Labute approximate surface area is 173 Å². The average Bonchev–Trinajstić information content (AvgIpc) is 3.11. The van der Waals surface area contributed by atoms with Crippen LogP contribution in [0.15, 0.2) is 40.8 Å². The highest BCUT2D eigenvalue weighted by molar-refractivity contribution is 5.85. The van der Waals surface area contributed by atoms with E-state index in [-0.39, 0.29) is 24.8 Å². The molecule has 2 N–H and O–H groups in total. The molecule has 27 heavy (non-hydrogen) atoms. The van der Waals surface area contributed by atoms with Gasteiger partial charge in [0.05, 0.1) is 25.9 Å². The summed E-state index contributed by atoms with van der Waals surface area (Å²) in [6.45, 7) is 8.44. The summed E-state index contributed by atoms with van der Waals surface area (Å²) >= 11 is 0. The number of nitrogens with one attached hydrogen (secondary N) is 1. The van der Waals surface area contributed by atoms with Crippen LogP contribution < -0.4 is 5.32 Å². The van der Waals surface area contributed by atoms with Crippen LogP contribution in [-0.4, -0.2) is 49.4 Å². The van der Waals surface area contributed by atoms with Gasteiger partial charge in [-0.2, -0.15) is 0 Å². The van der Waals surface area contributed by atoms with E-state index in [0.29, 0.717) is 0 Å². The van der Waals surface area contributed by atoms with Crippen LogP contribution in [0.5, 0.6) is 0 Å². The Bertz CT molecular complexity index is 641. The van der Waals surface area contributed by atoms with Crippen LogP contribution in [0, 0.1) is 0 Å². The minimum absolute atomic E-state index is 0. The fourth-order valence-corrected chi connectivity index (χ4v) is 3.02. The summed E-state index contributed by atoms with van der Waals surface area (Å²) in [5, 5.41) is 13.0. The summed E-state index contributed by atoms with van der Waals surface area (Å²) in [7, 11) is 0. The third kappa shape index (κ3) is 7.45. The predicted molar refractivity (Wildman–Crippen MR) is 113 cm³/mol. The van der Waals surface area contributed by atoms with Crippen molar-refractivity contribution in [2.75, 3.05) is 39.4 Å². The van der Waals surface area contributed by atoms with Gasteiger partial charge in [0.1, 0.15) is 11.5 Å². The standard InChI is InChI=1S/C20H28N2O3.2ClH/c1-16(23)17-3-5-18(6-4-17)20-8-7-19(25-20)15-21-9-2-10-22-11-13-24-14-12-22;;/h3-8,16,21,23H,2,9-15H2,1H3;2*1H. The number of hydrogen-bond donors (Lipinski definition) is 2. The molecular formula is C20H30Cl2N2O3. The van der Waals surface area contributed by atoms with Gasteiger partial charge in [-0.3, -0.25) is 4.90 Å². The SMILES string of the molecule is CC(O)c1ccc(-c2ccc(CNCCCN3CCOCC3)o2)cc1.Cl.Cl. The molecule has 1 unspecified atom stereocenters. The van der Waals surface area contributed by atoms with Gasteiger partial charge >= 0.3 is 0 Å². The molecule has 0 spiro atoms. The van der Waals surface area contributed by atoms with Crippen molar-refractivity contribution < 1.29 is 14.3 Å². The maximum Gasteiger partial charge on any atom is 0.134 e. The van der Waals surface area contributed by atoms with Crippen LogP contribution in [0.2, 0.25) is 0 Å². The van der Waals surface area contributed by atoms with Gasteiger partial charge in [0.25, 0.3) is 0 Å². The van der Waals surface area contributed by atoms with Crippen LogP contribution >= 0.6 is 24.8 Å². The molecule has 2 aromatic rings. The lowest BCUT2D eigenvalue weighted by Gasteiger charge is -2.26. The second kappa shape index (κ2) is 12.4. The molecule has 1 atom stereocenters. The van der Waals surface area contributed by atoms with Gasteiger partial charge in [-0.15, -0.1) is 24.8 Å². The van der Waals surface area contributed by atoms with E-state index in [0.717, 1.165) is 75.0 Å². The van der Waals surface area contributed by atoms with Gasteiger partial charge in [-0.1, -0.05) is 24.3 Å². The van der Waals surface area contributed by atoms with Crippen molar-refractivity contribution in [3.63, 3.8) is 0 Å². The summed E-state index contributed by atoms with van der Waals surface area (Å²) in [4.78, 5) is 2.45. The fraction of sp³-hybridized carbons (Fsp3) is 0.500. The van der Waals surface area contributed by atoms with E-state index in [1.807, 2.05) is 36.4 Å². The summed E-state index contributed by atoms with van der Waals surface area (Å²) in [5.41, 5.74) is 1.94. The summed E-state index contributed by atoms with van der Waals surface area (Å²) in [5.74, 6) is 1.81. The van der Waals surface area contributed by atoms with Crippen molar-refractivity contribution in [2.45, 2.75) is 26.0 Å². The molecule has 0 saturated carbocycles. The smallest absolute Gasteiger partial charge is 0.134 e. The van der Waals surface area contributed by atoms with E-state index in [1.54, 1.807) is 6.92 Å². The molecule has 1 aromatic carbocycles. The molecule has 152 valence electrons. The zero-order chi connectivity index (χ0) is 17.5. The number of halogens is 2. The molecule has 1 fully saturated rings. The van der Waals surface area contributed by atoms with Crippen molar-refractivity contribution in [2.24, 2.45) is 0 Å². The van der Waals surface area contributed by atoms with Crippen LogP contribution in [0.4, 0.5) is 0 Å². The molecule has 1 aliphatic heterocycles. The predicted octanol–water partition coefficient (Wildman–Crippen LogP) is 3.66. The van der Waals surface area contributed by atoms with E-state index < -0.39 is 6.10 Å². The molecule has 0 amide bonds. The van der Waals surface area contributed by atoms with Gasteiger partial charge in [0, 0.05) is 18.7 Å². The number of morpholine rings is 1. The first kappa shape index (κ1) is 24.0. The largest absolute Gasteiger partial charge is 0.460 e. The van der Waals surface area contributed by atoms with Crippen LogP contribution in [0.25, 0.3) is 11.3 Å². The minimum atomic E-state index is -0.442. The normalized spacial score (nSPS) is 15.6. The monoisotopic (exact) mass is 416 g/mol. The van der Waals surface area contributed by atoms with Gasteiger partial charge in [0.2, 0.25) is 0 Å². The van der Waals surface area contributed by atoms with Crippen LogP contribution in [0.1, 0.15) is 30.8 Å². The molecule has 3 rings (SSSR count). The van der Waals surface area contributed by atoms with Gasteiger partial charge < -0.3 is 19.6 Å². The third-order valence-electron chi connectivity index (χ3n) is 4.57. The van der Waals surface area contributed by atoms with Gasteiger partial charge in [0.15, 0.2) is 0 Å². The first-order valence-corrected chi connectivity index (χ1v) is 9.10. The zero-order valence-electron chi connectivity index (χ0n) is 15.7. The fourth-order valence-electron chi connectivity index (χ4n) is 3.02. The lowest BCUT2D eigenvalue weighted by molar-refractivity contribution is 0.0374. The topological polar surface area (TPSA) is 57.9 Å². The van der Waals surface area contributed by atoms with Crippen molar-refractivity contribution in [3.05, 3.63) is 47.7 Å². The van der Waals surface area contributed by atoms with E-state index in [9.17, 15) is 5.11 Å². The lowest BCUT2D eigenvalue weighted by atomic mass is 10.1. The molecule has 0 radical (unpaired) electrons. The second-order valence-corrected chi connectivity index (χ2v) is 6.55. The Hall–Kier alpha value is -1.08. The molecule has 0 bridgehead atoms.